The molecule has 20 heavy (non-hydrogen) atoms. The maximum absolute atomic E-state index is 11.2. The van der Waals surface area contributed by atoms with Crippen molar-refractivity contribution in [3.05, 3.63) is 34.9 Å². The smallest absolute Gasteiger partial charge is 0.145 e. The van der Waals surface area contributed by atoms with Gasteiger partial charge >= 0.3 is 0 Å². The maximum Gasteiger partial charge on any atom is 0.145 e. The van der Waals surface area contributed by atoms with Crippen LogP contribution >= 0.6 is 0 Å². The maximum atomic E-state index is 11.2. The monoisotopic (exact) mass is 274 g/mol. The molecule has 0 saturated carbocycles. The average Bonchev–Trinajstić information content (AvgIpc) is 2.48. The van der Waals surface area contributed by atoms with Gasteiger partial charge in [-0.05, 0) is 76.7 Å². The molecular formula is C19H30O. The van der Waals surface area contributed by atoms with Crippen molar-refractivity contribution in [2.75, 3.05) is 0 Å². The molecule has 0 aliphatic heterocycles. The quantitative estimate of drug-likeness (QED) is 0.469. The topological polar surface area (TPSA) is 17.1 Å². The standard InChI is InChI=1S/C19H30O/c1-15(2)7-5-9-17(4)19-12-11-16(3)8-6-10-18(13-19)14-20/h7-8,10,14,17,19H,5-6,9,11-13H2,1-4H3/b16-8+,18-10+/t17?,19-/m1/s1. The molecule has 112 valence electrons. The Hall–Kier alpha value is -1.11. The fourth-order valence-corrected chi connectivity index (χ4v) is 2.87. The average molecular weight is 274 g/mol. The second kappa shape index (κ2) is 8.94. The molecule has 0 radical (unpaired) electrons. The van der Waals surface area contributed by atoms with Crippen LogP contribution in [0.3, 0.4) is 0 Å². The second-order valence-electron chi connectivity index (χ2n) is 6.52. The predicted octanol–water partition coefficient (Wildman–Crippen LogP) is 5.63. The van der Waals surface area contributed by atoms with Crippen LogP contribution in [0.15, 0.2) is 34.9 Å². The summed E-state index contributed by atoms with van der Waals surface area (Å²) in [5.41, 5.74) is 3.86. The number of carbonyl (C=O) groups is 1. The number of aldehydes is 1. The van der Waals surface area contributed by atoms with Crippen molar-refractivity contribution in [3.8, 4) is 0 Å². The van der Waals surface area contributed by atoms with E-state index in [1.165, 1.54) is 30.4 Å². The van der Waals surface area contributed by atoms with Crippen LogP contribution in [-0.4, -0.2) is 6.29 Å². The predicted molar refractivity (Wildman–Crippen MR) is 87.7 cm³/mol. The summed E-state index contributed by atoms with van der Waals surface area (Å²) in [5, 5.41) is 0. The van der Waals surface area contributed by atoms with E-state index < -0.39 is 0 Å². The molecule has 0 bridgehead atoms. The fraction of sp³-hybridized carbons (Fsp3) is 0.632. The van der Waals surface area contributed by atoms with E-state index in [1.54, 1.807) is 0 Å². The van der Waals surface area contributed by atoms with Crippen molar-refractivity contribution in [2.45, 2.75) is 66.2 Å². The number of hydrogen-bond donors (Lipinski definition) is 0. The lowest BCUT2D eigenvalue weighted by Gasteiger charge is -2.24. The molecule has 0 aromatic carbocycles. The summed E-state index contributed by atoms with van der Waals surface area (Å²) < 4.78 is 0. The van der Waals surface area contributed by atoms with Crippen LogP contribution in [0.4, 0.5) is 0 Å². The lowest BCUT2D eigenvalue weighted by Crippen LogP contribution is -2.13. The first-order valence-corrected chi connectivity index (χ1v) is 7.96. The van der Waals surface area contributed by atoms with Crippen molar-refractivity contribution in [3.63, 3.8) is 0 Å². The Morgan fingerprint density at radius 3 is 2.80 bits per heavy atom. The Labute approximate surface area is 124 Å². The lowest BCUT2D eigenvalue weighted by molar-refractivity contribution is -0.105. The Balaban J connectivity index is 2.67. The second-order valence-corrected chi connectivity index (χ2v) is 6.52. The minimum Gasteiger partial charge on any atom is -0.298 e. The molecule has 0 aromatic rings. The molecule has 1 unspecified atom stereocenters. The van der Waals surface area contributed by atoms with E-state index in [0.29, 0.717) is 11.8 Å². The molecular weight excluding hydrogens is 244 g/mol. The van der Waals surface area contributed by atoms with E-state index in [9.17, 15) is 4.79 Å². The van der Waals surface area contributed by atoms with Gasteiger partial charge in [-0.15, -0.1) is 0 Å². The highest BCUT2D eigenvalue weighted by Crippen LogP contribution is 2.30. The minimum absolute atomic E-state index is 0.637. The molecule has 1 aliphatic rings. The normalized spacial score (nSPS) is 26.9. The highest BCUT2D eigenvalue weighted by molar-refractivity contribution is 5.73. The van der Waals surface area contributed by atoms with Gasteiger partial charge in [0.15, 0.2) is 0 Å². The molecule has 0 heterocycles. The fourth-order valence-electron chi connectivity index (χ4n) is 2.87. The third kappa shape index (κ3) is 6.36. The van der Waals surface area contributed by atoms with Crippen LogP contribution in [0.2, 0.25) is 0 Å². The molecule has 2 atom stereocenters. The van der Waals surface area contributed by atoms with Gasteiger partial charge in [0, 0.05) is 0 Å². The van der Waals surface area contributed by atoms with Gasteiger partial charge in [0.1, 0.15) is 6.29 Å². The first-order chi connectivity index (χ1) is 9.52. The van der Waals surface area contributed by atoms with Gasteiger partial charge in [0.05, 0.1) is 0 Å². The van der Waals surface area contributed by atoms with Crippen LogP contribution in [0.5, 0.6) is 0 Å². The zero-order valence-electron chi connectivity index (χ0n) is 13.6. The summed E-state index contributed by atoms with van der Waals surface area (Å²) in [6.07, 6.45) is 14.4. The highest BCUT2D eigenvalue weighted by Gasteiger charge is 2.19. The van der Waals surface area contributed by atoms with Crippen LogP contribution in [0, 0.1) is 11.8 Å². The molecule has 0 aromatic heterocycles. The Morgan fingerprint density at radius 2 is 2.15 bits per heavy atom. The van der Waals surface area contributed by atoms with Crippen LogP contribution in [0.25, 0.3) is 0 Å². The van der Waals surface area contributed by atoms with E-state index in [1.807, 2.05) is 0 Å². The number of carbonyl (C=O) groups excluding carboxylic acids is 1. The highest BCUT2D eigenvalue weighted by atomic mass is 16.1. The SMILES string of the molecule is CC(C)=CCCC(C)[C@@H]1CC/C(C)=C/C/C=C(/C=O)C1. The molecule has 1 nitrogen and oxygen atoms in total. The van der Waals surface area contributed by atoms with E-state index in [-0.39, 0.29) is 0 Å². The van der Waals surface area contributed by atoms with E-state index in [4.69, 9.17) is 0 Å². The third-order valence-electron chi connectivity index (χ3n) is 4.38. The molecule has 0 spiro atoms. The molecule has 0 amide bonds. The number of allylic oxidation sites excluding steroid dienone is 6. The summed E-state index contributed by atoms with van der Waals surface area (Å²) in [6.45, 7) is 8.88. The number of rotatable bonds is 5. The van der Waals surface area contributed by atoms with E-state index >= 15 is 0 Å². The summed E-state index contributed by atoms with van der Waals surface area (Å²) >= 11 is 0. The van der Waals surface area contributed by atoms with Crippen LogP contribution < -0.4 is 0 Å². The van der Waals surface area contributed by atoms with Gasteiger partial charge in [-0.25, -0.2) is 0 Å². The van der Waals surface area contributed by atoms with Crippen LogP contribution in [0.1, 0.15) is 66.2 Å². The molecule has 0 saturated heterocycles. The first kappa shape index (κ1) is 16.9. The Kier molecular flexibility index (Phi) is 7.58. The van der Waals surface area contributed by atoms with Crippen molar-refractivity contribution in [2.24, 2.45) is 11.8 Å². The first-order valence-electron chi connectivity index (χ1n) is 7.96. The minimum atomic E-state index is 0.637. The Bertz CT molecular complexity index is 394. The van der Waals surface area contributed by atoms with Crippen LogP contribution in [-0.2, 0) is 4.79 Å². The lowest BCUT2D eigenvalue weighted by atomic mass is 9.81. The van der Waals surface area contributed by atoms with Crippen molar-refractivity contribution in [1.82, 2.24) is 0 Å². The summed E-state index contributed by atoms with van der Waals surface area (Å²) in [4.78, 5) is 11.2. The van der Waals surface area contributed by atoms with Gasteiger partial charge in [-0.2, -0.15) is 0 Å². The molecule has 1 rings (SSSR count). The largest absolute Gasteiger partial charge is 0.298 e. The van der Waals surface area contributed by atoms with Gasteiger partial charge in [0.2, 0.25) is 0 Å². The molecule has 1 heteroatoms. The van der Waals surface area contributed by atoms with Crippen molar-refractivity contribution >= 4 is 6.29 Å². The van der Waals surface area contributed by atoms with Crippen molar-refractivity contribution < 1.29 is 4.79 Å². The van der Waals surface area contributed by atoms with Crippen molar-refractivity contribution in [1.29, 1.82) is 0 Å². The van der Waals surface area contributed by atoms with Gasteiger partial charge in [0.25, 0.3) is 0 Å². The van der Waals surface area contributed by atoms with Gasteiger partial charge in [-0.1, -0.05) is 36.3 Å². The van der Waals surface area contributed by atoms with Gasteiger partial charge < -0.3 is 0 Å². The Morgan fingerprint density at radius 1 is 1.40 bits per heavy atom. The zero-order chi connectivity index (χ0) is 15.0. The summed E-state index contributed by atoms with van der Waals surface area (Å²) in [7, 11) is 0. The number of hydrogen-bond acceptors (Lipinski definition) is 1. The molecule has 1 aliphatic carbocycles. The third-order valence-corrected chi connectivity index (χ3v) is 4.38. The summed E-state index contributed by atoms with van der Waals surface area (Å²) in [5.74, 6) is 1.32. The molecule has 0 fully saturated rings. The zero-order valence-corrected chi connectivity index (χ0v) is 13.6. The van der Waals surface area contributed by atoms with Gasteiger partial charge in [-0.3, -0.25) is 4.79 Å². The van der Waals surface area contributed by atoms with E-state index in [2.05, 4.69) is 45.9 Å². The summed E-state index contributed by atoms with van der Waals surface area (Å²) in [6, 6.07) is 0. The van der Waals surface area contributed by atoms with E-state index in [0.717, 1.165) is 31.1 Å². The molecule has 0 N–H and O–H groups in total.